The van der Waals surface area contributed by atoms with E-state index in [1.165, 1.54) is 50.6 Å². The summed E-state index contributed by atoms with van der Waals surface area (Å²) >= 11 is 0. The Morgan fingerprint density at radius 3 is 2.27 bits per heavy atom. The van der Waals surface area contributed by atoms with Crippen molar-refractivity contribution in [3.8, 4) is 28.7 Å². The van der Waals surface area contributed by atoms with Crippen molar-refractivity contribution in [1.82, 2.24) is 0 Å². The molecule has 2 aromatic rings. The average Bonchev–Trinajstić information content (AvgIpc) is 3.25. The number of ether oxygens (including phenoxy) is 7. The van der Waals surface area contributed by atoms with Crippen molar-refractivity contribution in [2.24, 2.45) is 0 Å². The van der Waals surface area contributed by atoms with Gasteiger partial charge in [-0.15, -0.1) is 0 Å². The van der Waals surface area contributed by atoms with Crippen LogP contribution in [0.15, 0.2) is 36.4 Å². The van der Waals surface area contributed by atoms with Crippen LogP contribution in [-0.2, 0) is 18.9 Å². The van der Waals surface area contributed by atoms with Gasteiger partial charge >= 0.3 is 5.97 Å². The number of rotatable bonds is 10. The summed E-state index contributed by atoms with van der Waals surface area (Å²) in [6, 6.07) is 7.73. The van der Waals surface area contributed by atoms with E-state index in [0.717, 1.165) is 0 Å². The van der Waals surface area contributed by atoms with Crippen LogP contribution >= 0.6 is 0 Å². The molecule has 7 N–H and O–H groups in total. The molecule has 41 heavy (non-hydrogen) atoms. The van der Waals surface area contributed by atoms with Gasteiger partial charge in [-0.1, -0.05) is 0 Å². The summed E-state index contributed by atoms with van der Waals surface area (Å²) in [5, 5.41) is 71.9. The molecule has 0 aromatic heterocycles. The summed E-state index contributed by atoms with van der Waals surface area (Å²) < 4.78 is 37.0. The zero-order chi connectivity index (χ0) is 29.9. The normalized spacial score (nSPS) is 31.4. The molecule has 2 saturated heterocycles. The Balaban J connectivity index is 1.33. The predicted molar refractivity (Wildman–Crippen MR) is 134 cm³/mol. The predicted octanol–water partition coefficient (Wildman–Crippen LogP) is -1.38. The number of carbonyl (C=O) groups excluding carboxylic acids is 1. The highest BCUT2D eigenvalue weighted by molar-refractivity contribution is 5.90. The summed E-state index contributed by atoms with van der Waals surface area (Å²) in [5.41, 5.74) is -2.02. The lowest BCUT2D eigenvalue weighted by Gasteiger charge is -2.40. The van der Waals surface area contributed by atoms with Crippen molar-refractivity contribution in [2.75, 3.05) is 34.0 Å². The molecule has 0 amide bonds. The van der Waals surface area contributed by atoms with Gasteiger partial charge < -0.3 is 68.9 Å². The first-order valence-electron chi connectivity index (χ1n) is 12.4. The zero-order valence-corrected chi connectivity index (χ0v) is 22.0. The molecule has 2 aliphatic heterocycles. The maximum Gasteiger partial charge on any atom is 0.338 e. The van der Waals surface area contributed by atoms with Crippen LogP contribution in [0, 0.1) is 0 Å². The topological polar surface area (TPSA) is 223 Å². The Labute approximate surface area is 233 Å². The van der Waals surface area contributed by atoms with Crippen LogP contribution in [0.5, 0.6) is 28.7 Å². The minimum absolute atomic E-state index is 0.0242. The first-order chi connectivity index (χ1) is 19.5. The number of hydrogen-bond acceptors (Lipinski definition) is 15. The third-order valence-corrected chi connectivity index (χ3v) is 6.67. The summed E-state index contributed by atoms with van der Waals surface area (Å²) in [7, 11) is 2.63. The lowest BCUT2D eigenvalue weighted by molar-refractivity contribution is -0.289. The second-order valence-corrected chi connectivity index (χ2v) is 9.49. The number of phenols is 2. The van der Waals surface area contributed by atoms with E-state index in [1.807, 2.05) is 0 Å². The van der Waals surface area contributed by atoms with Gasteiger partial charge in [0, 0.05) is 6.07 Å². The Hall–Kier alpha value is -3.41. The van der Waals surface area contributed by atoms with Crippen molar-refractivity contribution in [3.05, 3.63) is 42.0 Å². The van der Waals surface area contributed by atoms with Gasteiger partial charge in [0.2, 0.25) is 6.29 Å². The maximum atomic E-state index is 12.4. The molecule has 0 unspecified atom stereocenters. The molecule has 226 valence electrons. The van der Waals surface area contributed by atoms with Crippen LogP contribution in [0.3, 0.4) is 0 Å². The van der Waals surface area contributed by atoms with E-state index in [0.29, 0.717) is 0 Å². The van der Waals surface area contributed by atoms with E-state index in [-0.39, 0.29) is 34.3 Å². The van der Waals surface area contributed by atoms with Gasteiger partial charge in [-0.3, -0.25) is 0 Å². The molecule has 0 radical (unpaired) electrons. The van der Waals surface area contributed by atoms with Crippen LogP contribution in [0.25, 0.3) is 0 Å². The molecule has 2 heterocycles. The third kappa shape index (κ3) is 6.58. The molecule has 2 aliphatic rings. The van der Waals surface area contributed by atoms with Gasteiger partial charge in [-0.05, 0) is 30.3 Å². The average molecular weight is 585 g/mol. The molecule has 2 aromatic carbocycles. The van der Waals surface area contributed by atoms with E-state index < -0.39 is 74.5 Å². The van der Waals surface area contributed by atoms with Gasteiger partial charge in [-0.2, -0.15) is 0 Å². The molecule has 15 heteroatoms. The molecule has 0 bridgehead atoms. The van der Waals surface area contributed by atoms with Gasteiger partial charge in [0.25, 0.3) is 0 Å². The third-order valence-electron chi connectivity index (χ3n) is 6.67. The van der Waals surface area contributed by atoms with Gasteiger partial charge in [0.15, 0.2) is 34.9 Å². The van der Waals surface area contributed by atoms with Crippen molar-refractivity contribution >= 4 is 5.97 Å². The fourth-order valence-corrected chi connectivity index (χ4v) is 4.21. The fourth-order valence-electron chi connectivity index (χ4n) is 4.21. The summed E-state index contributed by atoms with van der Waals surface area (Å²) in [6.07, 6.45) is -10.9. The van der Waals surface area contributed by atoms with Crippen LogP contribution in [-0.4, -0.2) is 124 Å². The summed E-state index contributed by atoms with van der Waals surface area (Å²) in [6.45, 7) is -1.63. The van der Waals surface area contributed by atoms with E-state index >= 15 is 0 Å². The van der Waals surface area contributed by atoms with Gasteiger partial charge in [0.1, 0.15) is 42.9 Å². The highest BCUT2D eigenvalue weighted by Crippen LogP contribution is 2.33. The smallest absolute Gasteiger partial charge is 0.338 e. The van der Waals surface area contributed by atoms with E-state index in [9.17, 15) is 40.5 Å². The number of esters is 1. The van der Waals surface area contributed by atoms with Crippen LogP contribution in [0.2, 0.25) is 0 Å². The zero-order valence-electron chi connectivity index (χ0n) is 22.0. The van der Waals surface area contributed by atoms with Crippen molar-refractivity contribution in [3.63, 3.8) is 0 Å². The second-order valence-electron chi connectivity index (χ2n) is 9.49. The lowest BCUT2D eigenvalue weighted by atomic mass is 9.99. The molecule has 4 rings (SSSR count). The Kier molecular flexibility index (Phi) is 9.41. The van der Waals surface area contributed by atoms with Crippen molar-refractivity contribution in [2.45, 2.75) is 48.7 Å². The van der Waals surface area contributed by atoms with E-state index in [1.54, 1.807) is 0 Å². The second kappa shape index (κ2) is 12.6. The Morgan fingerprint density at radius 2 is 1.59 bits per heavy atom. The number of methoxy groups -OCH3 is 2. The fraction of sp³-hybridized carbons (Fsp3) is 0.500. The molecule has 0 saturated carbocycles. The maximum absolute atomic E-state index is 12.4. The molecule has 8 atom stereocenters. The van der Waals surface area contributed by atoms with Crippen molar-refractivity contribution in [1.29, 1.82) is 0 Å². The Bertz CT molecular complexity index is 1210. The number of hydrogen-bond donors (Lipinski definition) is 7. The SMILES string of the molecule is COc1cc(O[C@@H]2O[C@H](CO[C@H]3OC[C@](O)(COC(=O)c4ccc(O)c(OC)c4)[C@H]3O)[C@@H](O)[C@H](O)[C@H]2O)ccc1O. The van der Waals surface area contributed by atoms with Crippen LogP contribution in [0.4, 0.5) is 0 Å². The number of carbonyl (C=O) groups is 1. The minimum Gasteiger partial charge on any atom is -0.504 e. The minimum atomic E-state index is -2.05. The largest absolute Gasteiger partial charge is 0.504 e. The standard InChI is InChI=1S/C26H32O15/c1-35-16-7-12(3-5-14(16)27)23(33)38-10-26(34)11-39-25(22(26)32)37-9-18-19(29)20(30)21(31)24(41-18)40-13-4-6-15(28)17(8-13)36-2/h3-8,18-22,24-25,27-32,34H,9-11H2,1-2H3/t18-,19-,20+,21-,22+,24-,25+,26-/m1/s1. The molecule has 0 aliphatic carbocycles. The summed E-state index contributed by atoms with van der Waals surface area (Å²) in [4.78, 5) is 12.4. The first-order valence-corrected chi connectivity index (χ1v) is 12.4. The van der Waals surface area contributed by atoms with Crippen molar-refractivity contribution < 1.29 is 73.7 Å². The number of aromatic hydroxyl groups is 2. The summed E-state index contributed by atoms with van der Waals surface area (Å²) in [5.74, 6) is -0.965. The van der Waals surface area contributed by atoms with Crippen LogP contribution < -0.4 is 14.2 Å². The lowest BCUT2D eigenvalue weighted by Crippen LogP contribution is -2.60. The monoisotopic (exact) mass is 584 g/mol. The Morgan fingerprint density at radius 1 is 0.927 bits per heavy atom. The van der Waals surface area contributed by atoms with Crippen LogP contribution in [0.1, 0.15) is 10.4 Å². The molecule has 2 fully saturated rings. The van der Waals surface area contributed by atoms with E-state index in [4.69, 9.17) is 33.2 Å². The quantitative estimate of drug-likeness (QED) is 0.160. The van der Waals surface area contributed by atoms with E-state index in [2.05, 4.69) is 0 Å². The van der Waals surface area contributed by atoms with Gasteiger partial charge in [-0.25, -0.2) is 4.79 Å². The molecular weight excluding hydrogens is 552 g/mol. The molecule has 15 nitrogen and oxygen atoms in total. The highest BCUT2D eigenvalue weighted by Gasteiger charge is 2.51. The number of benzene rings is 2. The highest BCUT2D eigenvalue weighted by atomic mass is 16.7. The number of phenolic OH excluding ortho intramolecular Hbond substituents is 2. The molecule has 0 spiro atoms. The van der Waals surface area contributed by atoms with Gasteiger partial charge in [0.05, 0.1) is 33.0 Å². The number of aliphatic hydroxyl groups is 5. The molecular formula is C26H32O15. The first kappa shape index (κ1) is 30.5. The number of aliphatic hydroxyl groups excluding tert-OH is 4.